The molecule has 1 fully saturated rings. The van der Waals surface area contributed by atoms with Gasteiger partial charge >= 0.3 is 12.1 Å². The van der Waals surface area contributed by atoms with Crippen molar-refractivity contribution in [3.05, 3.63) is 23.8 Å². The van der Waals surface area contributed by atoms with Crippen LogP contribution in [0.3, 0.4) is 0 Å². The molecule has 1 aliphatic rings. The van der Waals surface area contributed by atoms with Crippen LogP contribution in [0.5, 0.6) is 5.75 Å². The maximum Gasteiger partial charge on any atom is 0.412 e. The summed E-state index contributed by atoms with van der Waals surface area (Å²) in [6, 6.07) is 4.72. The van der Waals surface area contributed by atoms with E-state index in [1.807, 2.05) is 0 Å². The minimum absolute atomic E-state index is 0.000594. The van der Waals surface area contributed by atoms with Crippen molar-refractivity contribution in [1.29, 1.82) is 0 Å². The summed E-state index contributed by atoms with van der Waals surface area (Å²) in [6.45, 7) is 5.28. The van der Waals surface area contributed by atoms with E-state index in [2.05, 4.69) is 5.32 Å². The lowest BCUT2D eigenvalue weighted by molar-refractivity contribution is -0.137. The lowest BCUT2D eigenvalue weighted by Crippen LogP contribution is -2.27. The number of aromatic hydroxyl groups is 1. The Hall–Kier alpha value is -2.24. The molecule has 22 heavy (non-hydrogen) atoms. The molecule has 0 bridgehead atoms. The number of aliphatic carboxylic acids is 1. The quantitative estimate of drug-likeness (QED) is 0.793. The molecule has 0 aliphatic heterocycles. The first kappa shape index (κ1) is 16.1. The van der Waals surface area contributed by atoms with Crippen LogP contribution in [0.1, 0.15) is 45.6 Å². The van der Waals surface area contributed by atoms with Crippen LogP contribution in [0.4, 0.5) is 10.5 Å². The Labute approximate surface area is 129 Å². The van der Waals surface area contributed by atoms with E-state index < -0.39 is 23.1 Å². The van der Waals surface area contributed by atoms with E-state index in [1.165, 1.54) is 6.07 Å². The van der Waals surface area contributed by atoms with Crippen molar-refractivity contribution < 1.29 is 24.5 Å². The smallest absolute Gasteiger partial charge is 0.412 e. The van der Waals surface area contributed by atoms with Gasteiger partial charge in [-0.15, -0.1) is 0 Å². The zero-order chi connectivity index (χ0) is 16.5. The van der Waals surface area contributed by atoms with Gasteiger partial charge in [-0.1, -0.05) is 6.07 Å². The van der Waals surface area contributed by atoms with Gasteiger partial charge in [-0.3, -0.25) is 10.1 Å². The number of hydrogen-bond acceptors (Lipinski definition) is 4. The molecule has 1 amide bonds. The molecule has 0 heterocycles. The molecule has 0 aromatic heterocycles. The molecule has 6 nitrogen and oxygen atoms in total. The number of carbonyl (C=O) groups excluding carboxylic acids is 1. The van der Waals surface area contributed by atoms with Crippen LogP contribution in [0.15, 0.2) is 18.2 Å². The first-order chi connectivity index (χ1) is 10.1. The van der Waals surface area contributed by atoms with Crippen molar-refractivity contribution >= 4 is 17.7 Å². The standard InChI is InChI=1S/C16H21NO5/c1-15(2,3)22-14(21)17-10-4-5-11(12(18)8-10)16(6-7-16)9-13(19)20/h4-5,8,18H,6-7,9H2,1-3H3,(H,17,21)(H,19,20). The zero-order valence-corrected chi connectivity index (χ0v) is 13.0. The van der Waals surface area contributed by atoms with E-state index in [0.717, 1.165) is 12.8 Å². The summed E-state index contributed by atoms with van der Waals surface area (Å²) in [5.41, 5.74) is -0.0577. The first-order valence-electron chi connectivity index (χ1n) is 7.17. The number of nitrogens with one attached hydrogen (secondary N) is 1. The molecule has 0 spiro atoms. The zero-order valence-electron chi connectivity index (χ0n) is 13.0. The fourth-order valence-corrected chi connectivity index (χ4v) is 2.46. The normalized spacial score (nSPS) is 16.0. The van der Waals surface area contributed by atoms with Gasteiger partial charge < -0.3 is 14.9 Å². The van der Waals surface area contributed by atoms with Crippen molar-refractivity contribution in [2.75, 3.05) is 5.32 Å². The number of phenols is 1. The van der Waals surface area contributed by atoms with Crippen molar-refractivity contribution in [3.63, 3.8) is 0 Å². The lowest BCUT2D eigenvalue weighted by Gasteiger charge is -2.20. The Bertz CT molecular complexity index is 599. The van der Waals surface area contributed by atoms with Crippen molar-refractivity contribution in [1.82, 2.24) is 0 Å². The van der Waals surface area contributed by atoms with Gasteiger partial charge in [-0.05, 0) is 39.7 Å². The molecule has 120 valence electrons. The van der Waals surface area contributed by atoms with Gasteiger partial charge in [0.05, 0.1) is 6.42 Å². The number of anilines is 1. The number of amides is 1. The Balaban J connectivity index is 2.10. The van der Waals surface area contributed by atoms with E-state index in [1.54, 1.807) is 32.9 Å². The third-order valence-corrected chi connectivity index (χ3v) is 3.56. The van der Waals surface area contributed by atoms with Gasteiger partial charge in [0.2, 0.25) is 0 Å². The summed E-state index contributed by atoms with van der Waals surface area (Å²) in [7, 11) is 0. The molecule has 1 aliphatic carbocycles. The van der Waals surface area contributed by atoms with Gasteiger partial charge in [-0.2, -0.15) is 0 Å². The monoisotopic (exact) mass is 307 g/mol. The number of carboxylic acid groups (broad SMARTS) is 1. The van der Waals surface area contributed by atoms with Crippen LogP contribution < -0.4 is 5.32 Å². The van der Waals surface area contributed by atoms with E-state index in [9.17, 15) is 14.7 Å². The van der Waals surface area contributed by atoms with Crippen LogP contribution in [-0.2, 0) is 14.9 Å². The van der Waals surface area contributed by atoms with E-state index in [0.29, 0.717) is 11.3 Å². The predicted octanol–water partition coefficient (Wildman–Crippen LogP) is 3.25. The molecule has 0 saturated heterocycles. The Morgan fingerprint density at radius 1 is 1.32 bits per heavy atom. The van der Waals surface area contributed by atoms with Crippen LogP contribution in [0.25, 0.3) is 0 Å². The number of rotatable bonds is 4. The van der Waals surface area contributed by atoms with Crippen LogP contribution >= 0.6 is 0 Å². The molecule has 0 radical (unpaired) electrons. The molecule has 1 aromatic carbocycles. The summed E-state index contributed by atoms with van der Waals surface area (Å²) in [6.07, 6.45) is 0.878. The second kappa shape index (κ2) is 5.51. The van der Waals surface area contributed by atoms with Crippen LogP contribution in [0, 0.1) is 0 Å². The van der Waals surface area contributed by atoms with Crippen molar-refractivity contribution in [2.45, 2.75) is 51.0 Å². The lowest BCUT2D eigenvalue weighted by atomic mass is 9.91. The van der Waals surface area contributed by atoms with E-state index in [4.69, 9.17) is 9.84 Å². The molecule has 1 aromatic rings. The second-order valence-corrected chi connectivity index (χ2v) is 6.71. The van der Waals surface area contributed by atoms with Crippen molar-refractivity contribution in [3.8, 4) is 5.75 Å². The predicted molar refractivity (Wildman–Crippen MR) is 81.1 cm³/mol. The number of carboxylic acids is 1. The largest absolute Gasteiger partial charge is 0.508 e. The summed E-state index contributed by atoms with van der Waals surface area (Å²) >= 11 is 0. The summed E-state index contributed by atoms with van der Waals surface area (Å²) in [5, 5.41) is 21.6. The SMILES string of the molecule is CC(C)(C)OC(=O)Nc1ccc(C2(CC(=O)O)CC2)c(O)c1. The highest BCUT2D eigenvalue weighted by Crippen LogP contribution is 2.53. The number of benzene rings is 1. The molecule has 3 N–H and O–H groups in total. The highest BCUT2D eigenvalue weighted by Gasteiger charge is 2.47. The topological polar surface area (TPSA) is 95.9 Å². The molecule has 6 heteroatoms. The summed E-state index contributed by atoms with van der Waals surface area (Å²) in [4.78, 5) is 22.6. The Kier molecular flexibility index (Phi) is 4.04. The van der Waals surface area contributed by atoms with Gasteiger partial charge in [-0.25, -0.2) is 4.79 Å². The molecular formula is C16H21NO5. The number of hydrogen-bond donors (Lipinski definition) is 3. The van der Waals surface area contributed by atoms with Gasteiger partial charge in [0.25, 0.3) is 0 Å². The average molecular weight is 307 g/mol. The van der Waals surface area contributed by atoms with E-state index in [-0.39, 0.29) is 12.2 Å². The minimum Gasteiger partial charge on any atom is -0.508 e. The number of carbonyl (C=O) groups is 2. The maximum absolute atomic E-state index is 11.7. The average Bonchev–Trinajstić information content (AvgIpc) is 3.05. The molecular weight excluding hydrogens is 286 g/mol. The fraction of sp³-hybridized carbons (Fsp3) is 0.500. The van der Waals surface area contributed by atoms with Gasteiger partial charge in [0.15, 0.2) is 0 Å². The molecule has 0 atom stereocenters. The highest BCUT2D eigenvalue weighted by molar-refractivity contribution is 5.85. The third kappa shape index (κ3) is 3.90. The molecule has 1 saturated carbocycles. The molecule has 2 rings (SSSR count). The van der Waals surface area contributed by atoms with Gasteiger partial charge in [0, 0.05) is 22.7 Å². The van der Waals surface area contributed by atoms with Gasteiger partial charge in [0.1, 0.15) is 11.4 Å². The number of phenolic OH excluding ortho intramolecular Hbond substituents is 1. The number of ether oxygens (including phenoxy) is 1. The maximum atomic E-state index is 11.7. The summed E-state index contributed by atoms with van der Waals surface area (Å²) in [5.74, 6) is -0.889. The second-order valence-electron chi connectivity index (χ2n) is 6.71. The minimum atomic E-state index is -0.882. The Morgan fingerprint density at radius 3 is 2.41 bits per heavy atom. The van der Waals surface area contributed by atoms with E-state index >= 15 is 0 Å². The van der Waals surface area contributed by atoms with Crippen molar-refractivity contribution in [2.24, 2.45) is 0 Å². The summed E-state index contributed by atoms with van der Waals surface area (Å²) < 4.78 is 5.13. The Morgan fingerprint density at radius 2 is 1.95 bits per heavy atom. The van der Waals surface area contributed by atoms with Crippen LogP contribution in [-0.4, -0.2) is 27.9 Å². The third-order valence-electron chi connectivity index (χ3n) is 3.56. The molecule has 0 unspecified atom stereocenters. The first-order valence-corrected chi connectivity index (χ1v) is 7.17. The highest BCUT2D eigenvalue weighted by atomic mass is 16.6. The van der Waals surface area contributed by atoms with Crippen LogP contribution in [0.2, 0.25) is 0 Å². The fourth-order valence-electron chi connectivity index (χ4n) is 2.46.